The summed E-state index contributed by atoms with van der Waals surface area (Å²) in [5.74, 6) is -0.602. The number of benzene rings is 1. The van der Waals surface area contributed by atoms with E-state index in [0.717, 1.165) is 11.3 Å². The van der Waals surface area contributed by atoms with Gasteiger partial charge in [-0.3, -0.25) is 4.79 Å². The molecule has 110 valence electrons. The first kappa shape index (κ1) is 13.5. The van der Waals surface area contributed by atoms with Crippen LogP contribution in [0.15, 0.2) is 36.4 Å². The van der Waals surface area contributed by atoms with Gasteiger partial charge >= 0.3 is 12.0 Å². The Labute approximate surface area is 121 Å². The SMILES string of the molecule is O=C(NC1C=CC(C(=O)O)C1)NC1COc2ccccc21. The molecule has 6 nitrogen and oxygen atoms in total. The number of carboxylic acid groups (broad SMARTS) is 1. The van der Waals surface area contributed by atoms with Gasteiger partial charge in [0, 0.05) is 5.56 Å². The molecule has 0 radical (unpaired) electrons. The highest BCUT2D eigenvalue weighted by Crippen LogP contribution is 2.31. The van der Waals surface area contributed by atoms with Crippen LogP contribution in [0.25, 0.3) is 0 Å². The molecule has 1 heterocycles. The number of carbonyl (C=O) groups excluding carboxylic acids is 1. The van der Waals surface area contributed by atoms with Crippen molar-refractivity contribution in [3.05, 3.63) is 42.0 Å². The molecule has 2 aliphatic rings. The third-order valence-electron chi connectivity index (χ3n) is 3.72. The Morgan fingerprint density at radius 3 is 2.76 bits per heavy atom. The third kappa shape index (κ3) is 2.84. The van der Waals surface area contributed by atoms with E-state index >= 15 is 0 Å². The maximum Gasteiger partial charge on any atom is 0.315 e. The van der Waals surface area contributed by atoms with Gasteiger partial charge in [-0.2, -0.15) is 0 Å². The van der Waals surface area contributed by atoms with E-state index in [4.69, 9.17) is 9.84 Å². The molecule has 1 aliphatic heterocycles. The lowest BCUT2D eigenvalue weighted by Crippen LogP contribution is -2.43. The Balaban J connectivity index is 1.54. The standard InChI is InChI=1S/C15H16N2O4/c18-14(19)9-5-6-10(7-9)16-15(20)17-12-8-21-13-4-2-1-3-11(12)13/h1-6,9-10,12H,7-8H2,(H,18,19)(H2,16,17,20). The van der Waals surface area contributed by atoms with E-state index in [1.54, 1.807) is 12.2 Å². The Kier molecular flexibility index (Phi) is 3.51. The smallest absolute Gasteiger partial charge is 0.315 e. The summed E-state index contributed by atoms with van der Waals surface area (Å²) in [5, 5.41) is 14.5. The molecule has 1 aromatic rings. The number of nitrogens with one attached hydrogen (secondary N) is 2. The predicted molar refractivity (Wildman–Crippen MR) is 75.0 cm³/mol. The number of amides is 2. The first-order valence-electron chi connectivity index (χ1n) is 6.83. The molecule has 0 spiro atoms. The fraction of sp³-hybridized carbons (Fsp3) is 0.333. The van der Waals surface area contributed by atoms with Crippen molar-refractivity contribution in [3.63, 3.8) is 0 Å². The van der Waals surface area contributed by atoms with Gasteiger partial charge in [0.2, 0.25) is 0 Å². The summed E-state index contributed by atoms with van der Waals surface area (Å²) in [5.41, 5.74) is 0.957. The van der Waals surface area contributed by atoms with Crippen LogP contribution in [0.5, 0.6) is 5.75 Å². The fourth-order valence-electron chi connectivity index (χ4n) is 2.64. The van der Waals surface area contributed by atoms with Crippen molar-refractivity contribution < 1.29 is 19.4 Å². The molecule has 0 bridgehead atoms. The van der Waals surface area contributed by atoms with E-state index in [1.165, 1.54) is 0 Å². The van der Waals surface area contributed by atoms with Crippen LogP contribution in [0, 0.1) is 5.92 Å². The summed E-state index contributed by atoms with van der Waals surface area (Å²) in [7, 11) is 0. The zero-order chi connectivity index (χ0) is 14.8. The van der Waals surface area contributed by atoms with Crippen molar-refractivity contribution in [2.45, 2.75) is 18.5 Å². The maximum absolute atomic E-state index is 12.0. The molecule has 3 atom stereocenters. The minimum atomic E-state index is -0.867. The molecule has 3 unspecified atom stereocenters. The van der Waals surface area contributed by atoms with Crippen molar-refractivity contribution in [1.82, 2.24) is 10.6 Å². The summed E-state index contributed by atoms with van der Waals surface area (Å²) in [4.78, 5) is 22.8. The summed E-state index contributed by atoms with van der Waals surface area (Å²) in [6, 6.07) is 6.83. The molecule has 2 amide bonds. The van der Waals surface area contributed by atoms with Crippen molar-refractivity contribution in [2.75, 3.05) is 6.61 Å². The molecular formula is C15H16N2O4. The van der Waals surface area contributed by atoms with E-state index in [2.05, 4.69) is 10.6 Å². The van der Waals surface area contributed by atoms with Gasteiger partial charge < -0.3 is 20.5 Å². The number of ether oxygens (including phenoxy) is 1. The van der Waals surface area contributed by atoms with E-state index in [1.807, 2.05) is 24.3 Å². The Morgan fingerprint density at radius 1 is 1.19 bits per heavy atom. The molecule has 21 heavy (non-hydrogen) atoms. The van der Waals surface area contributed by atoms with Crippen molar-refractivity contribution in [1.29, 1.82) is 0 Å². The third-order valence-corrected chi connectivity index (χ3v) is 3.72. The van der Waals surface area contributed by atoms with Gasteiger partial charge in [0.1, 0.15) is 12.4 Å². The van der Waals surface area contributed by atoms with Crippen LogP contribution in [-0.2, 0) is 4.79 Å². The van der Waals surface area contributed by atoms with Gasteiger partial charge in [0.25, 0.3) is 0 Å². The van der Waals surface area contributed by atoms with E-state index in [9.17, 15) is 9.59 Å². The molecule has 1 aliphatic carbocycles. The Bertz CT molecular complexity index is 599. The van der Waals surface area contributed by atoms with Crippen LogP contribution in [0.4, 0.5) is 4.79 Å². The summed E-state index contributed by atoms with van der Waals surface area (Å²) in [6.07, 6.45) is 3.72. The molecule has 0 fully saturated rings. The molecule has 0 saturated heterocycles. The second-order valence-corrected chi connectivity index (χ2v) is 5.19. The van der Waals surface area contributed by atoms with Gasteiger partial charge in [0.15, 0.2) is 0 Å². The van der Waals surface area contributed by atoms with Gasteiger partial charge in [0.05, 0.1) is 18.0 Å². The monoisotopic (exact) mass is 288 g/mol. The lowest BCUT2D eigenvalue weighted by molar-refractivity contribution is -0.140. The minimum Gasteiger partial charge on any atom is -0.491 e. The van der Waals surface area contributed by atoms with E-state index in [-0.39, 0.29) is 18.1 Å². The number of hydrogen-bond acceptors (Lipinski definition) is 3. The zero-order valence-electron chi connectivity index (χ0n) is 11.3. The number of hydrogen-bond donors (Lipinski definition) is 3. The first-order chi connectivity index (χ1) is 10.1. The van der Waals surface area contributed by atoms with Crippen molar-refractivity contribution in [3.8, 4) is 5.75 Å². The summed E-state index contributed by atoms with van der Waals surface area (Å²) in [6.45, 7) is 0.408. The fourth-order valence-corrected chi connectivity index (χ4v) is 2.64. The second-order valence-electron chi connectivity index (χ2n) is 5.19. The number of para-hydroxylation sites is 1. The summed E-state index contributed by atoms with van der Waals surface area (Å²) < 4.78 is 5.50. The largest absolute Gasteiger partial charge is 0.491 e. The Morgan fingerprint density at radius 2 is 2.00 bits per heavy atom. The summed E-state index contributed by atoms with van der Waals surface area (Å²) >= 11 is 0. The van der Waals surface area contributed by atoms with Crippen LogP contribution >= 0.6 is 0 Å². The molecule has 0 saturated carbocycles. The molecule has 6 heteroatoms. The lowest BCUT2D eigenvalue weighted by atomic mass is 10.1. The van der Waals surface area contributed by atoms with E-state index < -0.39 is 11.9 Å². The lowest BCUT2D eigenvalue weighted by Gasteiger charge is -2.16. The molecule has 0 aromatic heterocycles. The molecule has 1 aromatic carbocycles. The number of carbonyl (C=O) groups is 2. The molecule has 3 N–H and O–H groups in total. The van der Waals surface area contributed by atoms with Crippen molar-refractivity contribution in [2.24, 2.45) is 5.92 Å². The highest BCUT2D eigenvalue weighted by Gasteiger charge is 2.28. The maximum atomic E-state index is 12.0. The van der Waals surface area contributed by atoms with E-state index in [0.29, 0.717) is 13.0 Å². The van der Waals surface area contributed by atoms with Crippen LogP contribution in [0.3, 0.4) is 0 Å². The van der Waals surface area contributed by atoms with Crippen LogP contribution in [0.2, 0.25) is 0 Å². The zero-order valence-corrected chi connectivity index (χ0v) is 11.3. The average molecular weight is 288 g/mol. The van der Waals surface area contributed by atoms with Gasteiger partial charge in [-0.15, -0.1) is 0 Å². The topological polar surface area (TPSA) is 87.7 Å². The predicted octanol–water partition coefficient (Wildman–Crippen LogP) is 1.45. The van der Waals surface area contributed by atoms with Crippen LogP contribution < -0.4 is 15.4 Å². The highest BCUT2D eigenvalue weighted by molar-refractivity contribution is 5.77. The minimum absolute atomic E-state index is 0.179. The average Bonchev–Trinajstić information content (AvgIpc) is 3.07. The number of urea groups is 1. The van der Waals surface area contributed by atoms with Crippen molar-refractivity contribution >= 4 is 12.0 Å². The quantitative estimate of drug-likeness (QED) is 0.735. The normalized spacial score (nSPS) is 26.0. The second kappa shape index (κ2) is 5.47. The first-order valence-corrected chi connectivity index (χ1v) is 6.83. The number of carboxylic acids is 1. The molecule has 3 rings (SSSR count). The van der Waals surface area contributed by atoms with Crippen LogP contribution in [0.1, 0.15) is 18.0 Å². The van der Waals surface area contributed by atoms with Gasteiger partial charge in [-0.05, 0) is 12.5 Å². The molecular weight excluding hydrogens is 272 g/mol. The number of rotatable bonds is 3. The number of aliphatic carboxylic acids is 1. The number of fused-ring (bicyclic) bond motifs is 1. The highest BCUT2D eigenvalue weighted by atomic mass is 16.5. The van der Waals surface area contributed by atoms with Gasteiger partial charge in [-0.1, -0.05) is 30.4 Å². The Hall–Kier alpha value is -2.50. The van der Waals surface area contributed by atoms with Crippen LogP contribution in [-0.4, -0.2) is 29.8 Å². The van der Waals surface area contributed by atoms with Gasteiger partial charge in [-0.25, -0.2) is 4.79 Å².